The van der Waals surface area contributed by atoms with Gasteiger partial charge in [-0.15, -0.1) is 0 Å². The second kappa shape index (κ2) is 8.39. The highest BCUT2D eigenvalue weighted by molar-refractivity contribution is 9.10. The third-order valence-electron chi connectivity index (χ3n) is 2.19. The van der Waals surface area contributed by atoms with Crippen LogP contribution in [0.5, 0.6) is 5.75 Å². The van der Waals surface area contributed by atoms with Gasteiger partial charge in [0.15, 0.2) is 0 Å². The molecular formula is C12H16BrF2NO2. The molecule has 0 aromatic heterocycles. The van der Waals surface area contributed by atoms with Gasteiger partial charge in [-0.1, -0.05) is 15.9 Å². The normalized spacial score (nSPS) is 10.9. The molecule has 1 aromatic rings. The molecule has 0 unspecified atom stereocenters. The van der Waals surface area contributed by atoms with E-state index >= 15 is 0 Å². The zero-order valence-corrected chi connectivity index (χ0v) is 11.7. The maximum Gasteiger partial charge on any atom is 0.272 e. The van der Waals surface area contributed by atoms with Crippen molar-refractivity contribution >= 4 is 15.9 Å². The minimum absolute atomic E-state index is 0.446. The minimum Gasteiger partial charge on any atom is -0.488 e. The van der Waals surface area contributed by atoms with E-state index in [0.717, 1.165) is 16.6 Å². The lowest BCUT2D eigenvalue weighted by molar-refractivity contribution is 0.0818. The van der Waals surface area contributed by atoms with E-state index in [1.807, 2.05) is 0 Å². The van der Waals surface area contributed by atoms with Crippen molar-refractivity contribution in [3.63, 3.8) is 0 Å². The fourth-order valence-corrected chi connectivity index (χ4v) is 1.72. The first-order valence-corrected chi connectivity index (χ1v) is 6.32. The lowest BCUT2D eigenvalue weighted by Gasteiger charge is -2.10. The monoisotopic (exact) mass is 323 g/mol. The van der Waals surface area contributed by atoms with Crippen LogP contribution in [-0.2, 0) is 11.3 Å². The maximum absolute atomic E-state index is 12.0. The molecule has 102 valence electrons. The van der Waals surface area contributed by atoms with Crippen LogP contribution in [0.1, 0.15) is 5.56 Å². The van der Waals surface area contributed by atoms with Gasteiger partial charge in [0.2, 0.25) is 0 Å². The Hall–Kier alpha value is -0.720. The van der Waals surface area contributed by atoms with Gasteiger partial charge < -0.3 is 14.8 Å². The molecular weight excluding hydrogens is 308 g/mol. The Balaban J connectivity index is 2.52. The summed E-state index contributed by atoms with van der Waals surface area (Å²) in [6.07, 6.45) is -2.46. The van der Waals surface area contributed by atoms with E-state index in [1.165, 1.54) is 0 Å². The molecule has 0 amide bonds. The zero-order chi connectivity index (χ0) is 13.4. The maximum atomic E-state index is 12.0. The Kier molecular flexibility index (Phi) is 7.15. The highest BCUT2D eigenvalue weighted by atomic mass is 79.9. The van der Waals surface area contributed by atoms with E-state index in [1.54, 1.807) is 25.3 Å². The third kappa shape index (κ3) is 5.75. The molecule has 0 fully saturated rings. The summed E-state index contributed by atoms with van der Waals surface area (Å²) in [5.74, 6) is 0.446. The topological polar surface area (TPSA) is 30.5 Å². The predicted octanol–water partition coefficient (Wildman–Crippen LogP) is 2.83. The number of alkyl halides is 2. The zero-order valence-electron chi connectivity index (χ0n) is 10.1. The fraction of sp³-hybridized carbons (Fsp3) is 0.500. The van der Waals surface area contributed by atoms with Gasteiger partial charge in [-0.05, 0) is 23.8 Å². The van der Waals surface area contributed by atoms with E-state index in [4.69, 9.17) is 9.47 Å². The summed E-state index contributed by atoms with van der Waals surface area (Å²) in [5, 5.41) is 3.18. The second-order valence-electron chi connectivity index (χ2n) is 3.62. The van der Waals surface area contributed by atoms with Crippen molar-refractivity contribution in [3.05, 3.63) is 28.2 Å². The molecule has 0 bridgehead atoms. The summed E-state index contributed by atoms with van der Waals surface area (Å²) in [6.45, 7) is 1.39. The number of rotatable bonds is 8. The summed E-state index contributed by atoms with van der Waals surface area (Å²) in [6, 6.07) is 5.19. The number of halogens is 3. The number of nitrogens with one attached hydrogen (secondary N) is 1. The fourth-order valence-electron chi connectivity index (χ4n) is 1.33. The van der Waals surface area contributed by atoms with Gasteiger partial charge in [0.1, 0.15) is 12.4 Å². The van der Waals surface area contributed by atoms with Gasteiger partial charge >= 0.3 is 0 Å². The summed E-state index contributed by atoms with van der Waals surface area (Å²) in [4.78, 5) is 0. The van der Waals surface area contributed by atoms with Crippen LogP contribution in [0.15, 0.2) is 22.7 Å². The average molecular weight is 324 g/mol. The molecule has 0 saturated carbocycles. The lowest BCUT2D eigenvalue weighted by atomic mass is 10.2. The van der Waals surface area contributed by atoms with Crippen molar-refractivity contribution in [2.45, 2.75) is 13.0 Å². The second-order valence-corrected chi connectivity index (χ2v) is 4.48. The van der Waals surface area contributed by atoms with Crippen LogP contribution in [0.4, 0.5) is 8.78 Å². The molecule has 18 heavy (non-hydrogen) atoms. The largest absolute Gasteiger partial charge is 0.488 e. The first-order chi connectivity index (χ1) is 8.63. The Morgan fingerprint density at radius 1 is 1.39 bits per heavy atom. The van der Waals surface area contributed by atoms with Crippen LogP contribution in [-0.4, -0.2) is 33.3 Å². The number of hydrogen-bond acceptors (Lipinski definition) is 3. The van der Waals surface area contributed by atoms with Crippen LogP contribution in [0, 0.1) is 0 Å². The molecule has 0 spiro atoms. The van der Waals surface area contributed by atoms with Gasteiger partial charge in [-0.2, -0.15) is 0 Å². The summed E-state index contributed by atoms with van der Waals surface area (Å²) in [5.41, 5.74) is 0.956. The Labute approximate surface area is 114 Å². The van der Waals surface area contributed by atoms with E-state index < -0.39 is 13.0 Å². The average Bonchev–Trinajstić information content (AvgIpc) is 2.35. The van der Waals surface area contributed by atoms with Crippen molar-refractivity contribution in [3.8, 4) is 5.75 Å². The Morgan fingerprint density at radius 2 is 2.17 bits per heavy atom. The summed E-state index contributed by atoms with van der Waals surface area (Å²) in [7, 11) is 1.64. The standard InChI is InChI=1S/C12H16BrF2NO2/c1-17-5-4-16-7-9-6-10(2-3-11(9)13)18-8-12(14)15/h2-3,6,12,16H,4-5,7-8H2,1H3. The van der Waals surface area contributed by atoms with Crippen molar-refractivity contribution in [1.29, 1.82) is 0 Å². The van der Waals surface area contributed by atoms with Gasteiger partial charge in [-0.3, -0.25) is 0 Å². The van der Waals surface area contributed by atoms with Crippen molar-refractivity contribution in [1.82, 2.24) is 5.32 Å². The molecule has 1 rings (SSSR count). The van der Waals surface area contributed by atoms with Crippen LogP contribution in [0.3, 0.4) is 0 Å². The van der Waals surface area contributed by atoms with Crippen molar-refractivity contribution in [2.24, 2.45) is 0 Å². The van der Waals surface area contributed by atoms with Gasteiger partial charge in [0, 0.05) is 24.7 Å². The molecule has 0 radical (unpaired) electrons. The number of hydrogen-bond donors (Lipinski definition) is 1. The predicted molar refractivity (Wildman–Crippen MR) is 69.2 cm³/mol. The molecule has 0 aliphatic carbocycles. The van der Waals surface area contributed by atoms with Gasteiger partial charge in [0.05, 0.1) is 6.61 Å². The van der Waals surface area contributed by atoms with Crippen molar-refractivity contribution < 1.29 is 18.3 Å². The molecule has 6 heteroatoms. The van der Waals surface area contributed by atoms with Crippen LogP contribution in [0.2, 0.25) is 0 Å². The first-order valence-electron chi connectivity index (χ1n) is 5.52. The molecule has 3 nitrogen and oxygen atoms in total. The van der Waals surface area contributed by atoms with Gasteiger partial charge in [-0.25, -0.2) is 8.78 Å². The molecule has 0 heterocycles. The molecule has 0 saturated heterocycles. The molecule has 1 aromatic carbocycles. The SMILES string of the molecule is COCCNCc1cc(OCC(F)F)ccc1Br. The Morgan fingerprint density at radius 3 is 2.83 bits per heavy atom. The highest BCUT2D eigenvalue weighted by Gasteiger charge is 2.06. The quantitative estimate of drug-likeness (QED) is 0.746. The highest BCUT2D eigenvalue weighted by Crippen LogP contribution is 2.22. The van der Waals surface area contributed by atoms with E-state index in [9.17, 15) is 8.78 Å². The van der Waals surface area contributed by atoms with Gasteiger partial charge in [0.25, 0.3) is 6.43 Å². The molecule has 0 atom stereocenters. The van der Waals surface area contributed by atoms with E-state index in [-0.39, 0.29) is 0 Å². The Bertz CT molecular complexity index is 364. The smallest absolute Gasteiger partial charge is 0.272 e. The number of benzene rings is 1. The first kappa shape index (κ1) is 15.3. The third-order valence-corrected chi connectivity index (χ3v) is 2.97. The van der Waals surface area contributed by atoms with E-state index in [0.29, 0.717) is 18.9 Å². The van der Waals surface area contributed by atoms with Crippen LogP contribution < -0.4 is 10.1 Å². The lowest BCUT2D eigenvalue weighted by Crippen LogP contribution is -2.18. The summed E-state index contributed by atoms with van der Waals surface area (Å²) < 4.78 is 34.9. The number of ether oxygens (including phenoxy) is 2. The summed E-state index contributed by atoms with van der Waals surface area (Å²) >= 11 is 3.40. The van der Waals surface area contributed by atoms with E-state index in [2.05, 4.69) is 21.2 Å². The molecule has 0 aliphatic rings. The molecule has 0 aliphatic heterocycles. The van der Waals surface area contributed by atoms with Crippen LogP contribution >= 0.6 is 15.9 Å². The number of methoxy groups -OCH3 is 1. The van der Waals surface area contributed by atoms with Crippen molar-refractivity contribution in [2.75, 3.05) is 26.9 Å². The van der Waals surface area contributed by atoms with Crippen LogP contribution in [0.25, 0.3) is 0 Å². The minimum atomic E-state index is -2.46. The molecule has 1 N–H and O–H groups in total.